The third-order valence-corrected chi connectivity index (χ3v) is 1.38. The Morgan fingerprint density at radius 2 is 2.33 bits per heavy atom. The van der Waals surface area contributed by atoms with Gasteiger partial charge in [0.05, 0.1) is 0 Å². The number of carbonyl (C=O) groups is 1. The Kier molecular flexibility index (Phi) is 2.00. The van der Waals surface area contributed by atoms with Crippen LogP contribution in [-0.4, -0.2) is 36.7 Å². The van der Waals surface area contributed by atoms with Crippen molar-refractivity contribution in [1.29, 1.82) is 0 Å². The highest BCUT2D eigenvalue weighted by molar-refractivity contribution is 5.67. The van der Waals surface area contributed by atoms with Gasteiger partial charge >= 0.3 is 5.97 Å². The maximum atomic E-state index is 10.7. The Balaban J connectivity index is 2.41. The molecule has 0 saturated heterocycles. The summed E-state index contributed by atoms with van der Waals surface area (Å²) in [5.74, 6) is -0.555. The second kappa shape index (κ2) is 3.32. The molecular weight excluding hydrogens is 206 g/mol. The molecule has 0 aromatic carbocycles. The van der Waals surface area contributed by atoms with E-state index in [9.17, 15) is 4.79 Å². The molecule has 2 N–H and O–H groups in total. The van der Waals surface area contributed by atoms with E-state index in [1.807, 2.05) is 0 Å². The molecule has 10 nitrogen and oxygen atoms in total. The van der Waals surface area contributed by atoms with Gasteiger partial charge in [0.2, 0.25) is 11.5 Å². The minimum absolute atomic E-state index is 0.00166. The van der Waals surface area contributed by atoms with E-state index in [0.29, 0.717) is 0 Å². The number of hydrogen-bond acceptors (Lipinski definition) is 9. The van der Waals surface area contributed by atoms with Crippen molar-refractivity contribution in [3.8, 4) is 11.5 Å². The number of anilines is 1. The van der Waals surface area contributed by atoms with Crippen LogP contribution in [0.1, 0.15) is 6.92 Å². The molecule has 0 unspecified atom stereocenters. The van der Waals surface area contributed by atoms with Crippen LogP contribution in [0.5, 0.6) is 0 Å². The van der Waals surface area contributed by atoms with Crippen molar-refractivity contribution in [3.63, 3.8) is 0 Å². The molecule has 0 aliphatic heterocycles. The summed E-state index contributed by atoms with van der Waals surface area (Å²) in [5, 5.41) is 17.0. The van der Waals surface area contributed by atoms with Crippen LogP contribution in [0.3, 0.4) is 0 Å². The highest BCUT2D eigenvalue weighted by Gasteiger charge is 2.19. The van der Waals surface area contributed by atoms with Crippen molar-refractivity contribution in [3.05, 3.63) is 0 Å². The van der Waals surface area contributed by atoms with E-state index in [1.165, 1.54) is 6.92 Å². The van der Waals surface area contributed by atoms with Crippen LogP contribution in [0, 0.1) is 0 Å². The Morgan fingerprint density at radius 3 is 2.93 bits per heavy atom. The van der Waals surface area contributed by atoms with Gasteiger partial charge in [0.15, 0.2) is 5.82 Å². The predicted octanol–water partition coefficient (Wildman–Crippen LogP) is -1.72. The van der Waals surface area contributed by atoms with Gasteiger partial charge in [0, 0.05) is 6.92 Å². The molecule has 10 heteroatoms. The summed E-state index contributed by atoms with van der Waals surface area (Å²) < 4.78 is 4.35. The molecule has 2 heterocycles. The zero-order chi connectivity index (χ0) is 10.8. The molecule has 0 saturated carbocycles. The number of nitrogen functional groups attached to an aromatic ring is 1. The van der Waals surface area contributed by atoms with Gasteiger partial charge in [-0.25, -0.2) is 9.42 Å². The van der Waals surface area contributed by atoms with E-state index in [0.717, 1.165) is 4.85 Å². The molecule has 0 bridgehead atoms. The number of nitrogens with two attached hydrogens (primary N) is 1. The minimum atomic E-state index is -0.585. The second-order valence-corrected chi connectivity index (χ2v) is 2.46. The average molecular weight is 211 g/mol. The standard InChI is InChI=1S/C5H5N7O3/c1-2(13)14-12-5(7-10-11-12)3-4(6)9-15-8-3/h1H3,(H2,6,9). The maximum absolute atomic E-state index is 10.7. The van der Waals surface area contributed by atoms with Crippen molar-refractivity contribution in [1.82, 2.24) is 30.7 Å². The highest BCUT2D eigenvalue weighted by atomic mass is 16.7. The summed E-state index contributed by atoms with van der Waals surface area (Å²) >= 11 is 0. The number of hydrogen-bond donors (Lipinski definition) is 1. The summed E-state index contributed by atoms with van der Waals surface area (Å²) in [5.41, 5.74) is 5.51. The molecule has 0 fully saturated rings. The average Bonchev–Trinajstić information content (AvgIpc) is 2.73. The third kappa shape index (κ3) is 1.59. The van der Waals surface area contributed by atoms with Crippen molar-refractivity contribution in [2.75, 3.05) is 5.73 Å². The predicted molar refractivity (Wildman–Crippen MR) is 42.8 cm³/mol. The first-order valence-corrected chi connectivity index (χ1v) is 3.74. The molecule has 0 atom stereocenters. The van der Waals surface area contributed by atoms with Gasteiger partial charge in [-0.05, 0) is 25.6 Å². The van der Waals surface area contributed by atoms with Crippen LogP contribution in [-0.2, 0) is 4.79 Å². The molecule has 0 amide bonds. The van der Waals surface area contributed by atoms with Crippen LogP contribution >= 0.6 is 0 Å². The lowest BCUT2D eigenvalue weighted by Crippen LogP contribution is -2.19. The Labute approximate surface area is 81.9 Å². The van der Waals surface area contributed by atoms with Crippen molar-refractivity contribution >= 4 is 11.8 Å². The smallest absolute Gasteiger partial charge is 0.332 e. The van der Waals surface area contributed by atoms with Crippen LogP contribution in [0.25, 0.3) is 11.5 Å². The lowest BCUT2D eigenvalue weighted by molar-refractivity contribution is -0.143. The van der Waals surface area contributed by atoms with Crippen LogP contribution < -0.4 is 10.6 Å². The normalized spacial score (nSPS) is 10.2. The molecule has 15 heavy (non-hydrogen) atoms. The lowest BCUT2D eigenvalue weighted by Gasteiger charge is -1.98. The fourth-order valence-corrected chi connectivity index (χ4v) is 0.851. The molecule has 0 aliphatic rings. The van der Waals surface area contributed by atoms with Gasteiger partial charge in [-0.3, -0.25) is 0 Å². The maximum Gasteiger partial charge on any atom is 0.332 e. The van der Waals surface area contributed by atoms with E-state index in [2.05, 4.69) is 35.3 Å². The minimum Gasteiger partial charge on any atom is -0.379 e. The first-order chi connectivity index (χ1) is 7.18. The van der Waals surface area contributed by atoms with Gasteiger partial charge in [-0.15, -0.1) is 5.10 Å². The lowest BCUT2D eigenvalue weighted by atomic mass is 10.4. The Morgan fingerprint density at radius 1 is 1.53 bits per heavy atom. The monoisotopic (exact) mass is 211 g/mol. The number of rotatable bonds is 2. The fourth-order valence-electron chi connectivity index (χ4n) is 0.851. The van der Waals surface area contributed by atoms with Crippen LogP contribution in [0.4, 0.5) is 5.82 Å². The summed E-state index contributed by atoms with van der Waals surface area (Å²) in [6.45, 7) is 1.20. The highest BCUT2D eigenvalue weighted by Crippen LogP contribution is 2.17. The van der Waals surface area contributed by atoms with E-state index >= 15 is 0 Å². The molecule has 78 valence electrons. The fraction of sp³-hybridized carbons (Fsp3) is 0.200. The Hall–Kier alpha value is -2.52. The largest absolute Gasteiger partial charge is 0.379 e. The summed E-state index contributed by atoms with van der Waals surface area (Å²) in [6.07, 6.45) is 0. The van der Waals surface area contributed by atoms with E-state index in [-0.39, 0.29) is 17.3 Å². The summed E-state index contributed by atoms with van der Waals surface area (Å²) in [6, 6.07) is 0. The molecular formula is C5H5N7O3. The number of aromatic nitrogens is 6. The SMILES string of the molecule is CC(=O)On1nnnc1-c1nonc1N. The number of carbonyl (C=O) groups excluding carboxylic acids is 1. The van der Waals surface area contributed by atoms with Gasteiger partial charge in [0.1, 0.15) is 0 Å². The second-order valence-electron chi connectivity index (χ2n) is 2.46. The molecule has 0 radical (unpaired) electrons. The zero-order valence-electron chi connectivity index (χ0n) is 7.49. The topological polar surface area (TPSA) is 135 Å². The number of tetrazole rings is 1. The Bertz CT molecular complexity index is 488. The molecule has 0 spiro atoms. The van der Waals surface area contributed by atoms with Gasteiger partial charge in [0.25, 0.3) is 0 Å². The molecule has 2 rings (SSSR count). The van der Waals surface area contributed by atoms with E-state index < -0.39 is 5.97 Å². The van der Waals surface area contributed by atoms with Crippen molar-refractivity contribution in [2.24, 2.45) is 0 Å². The van der Waals surface area contributed by atoms with Crippen LogP contribution in [0.15, 0.2) is 4.63 Å². The van der Waals surface area contributed by atoms with Crippen molar-refractivity contribution < 1.29 is 14.3 Å². The van der Waals surface area contributed by atoms with Gasteiger partial charge < -0.3 is 10.6 Å². The quantitative estimate of drug-likeness (QED) is 0.575. The van der Waals surface area contributed by atoms with E-state index in [4.69, 9.17) is 5.73 Å². The van der Waals surface area contributed by atoms with Gasteiger partial charge in [-0.1, -0.05) is 0 Å². The zero-order valence-corrected chi connectivity index (χ0v) is 7.49. The van der Waals surface area contributed by atoms with E-state index in [1.54, 1.807) is 0 Å². The molecule has 0 aliphatic carbocycles. The summed E-state index contributed by atoms with van der Waals surface area (Å²) in [7, 11) is 0. The third-order valence-electron chi connectivity index (χ3n) is 1.38. The first kappa shape index (κ1) is 9.05. The van der Waals surface area contributed by atoms with Crippen LogP contribution in [0.2, 0.25) is 0 Å². The van der Waals surface area contributed by atoms with Gasteiger partial charge in [-0.2, -0.15) is 0 Å². The number of nitrogens with zero attached hydrogens (tertiary/aromatic N) is 6. The first-order valence-electron chi connectivity index (χ1n) is 3.74. The van der Waals surface area contributed by atoms with Crippen molar-refractivity contribution in [2.45, 2.75) is 6.92 Å². The summed E-state index contributed by atoms with van der Waals surface area (Å²) in [4.78, 5) is 16.1. The molecule has 2 aromatic heterocycles. The molecule has 2 aromatic rings.